The Labute approximate surface area is 202 Å². The van der Waals surface area contributed by atoms with Crippen LogP contribution in [0, 0.1) is 12.8 Å². The molecule has 7 heteroatoms. The molecule has 32 heavy (non-hydrogen) atoms. The van der Waals surface area contributed by atoms with Gasteiger partial charge in [-0.2, -0.15) is 0 Å². The highest BCUT2D eigenvalue weighted by atomic mass is 35.5. The molecule has 3 aromatic rings. The van der Waals surface area contributed by atoms with Gasteiger partial charge < -0.3 is 15.6 Å². The predicted octanol–water partition coefficient (Wildman–Crippen LogP) is 5.95. The molecule has 5 nitrogen and oxygen atoms in total. The van der Waals surface area contributed by atoms with Gasteiger partial charge >= 0.3 is 5.97 Å². The Hall–Kier alpha value is -2.34. The average Bonchev–Trinajstić information content (AvgIpc) is 2.70. The zero-order valence-corrected chi connectivity index (χ0v) is 20.4. The van der Waals surface area contributed by atoms with Crippen molar-refractivity contribution < 1.29 is 14.6 Å². The summed E-state index contributed by atoms with van der Waals surface area (Å²) in [6, 6.07) is 14.3. The minimum Gasteiger partial charge on any atom is -0.494 e. The van der Waals surface area contributed by atoms with Gasteiger partial charge in [-0.1, -0.05) is 43.7 Å². The van der Waals surface area contributed by atoms with Gasteiger partial charge in [0.1, 0.15) is 5.75 Å². The number of ether oxygens (including phenoxy) is 1. The molecule has 174 valence electrons. The van der Waals surface area contributed by atoms with Crippen LogP contribution < -0.4 is 10.5 Å². The molecule has 2 aromatic carbocycles. The maximum atomic E-state index is 10.7. The molecule has 0 bridgehead atoms. The number of nitrogens with zero attached hydrogens (tertiary/aromatic N) is 1. The molecule has 1 heterocycles. The van der Waals surface area contributed by atoms with E-state index in [1.54, 1.807) is 0 Å². The van der Waals surface area contributed by atoms with E-state index >= 15 is 0 Å². The van der Waals surface area contributed by atoms with Gasteiger partial charge in [0.25, 0.3) is 0 Å². The summed E-state index contributed by atoms with van der Waals surface area (Å²) in [5.41, 5.74) is 12.7. The van der Waals surface area contributed by atoms with Gasteiger partial charge in [0.15, 0.2) is 0 Å². The van der Waals surface area contributed by atoms with Crippen molar-refractivity contribution in [3.8, 4) is 16.9 Å². The number of rotatable bonds is 9. The zero-order valence-electron chi connectivity index (χ0n) is 18.8. The van der Waals surface area contributed by atoms with E-state index in [0.29, 0.717) is 31.2 Å². The largest absolute Gasteiger partial charge is 0.494 e. The van der Waals surface area contributed by atoms with Crippen LogP contribution in [-0.4, -0.2) is 22.7 Å². The lowest BCUT2D eigenvalue weighted by Crippen LogP contribution is -2.10. The van der Waals surface area contributed by atoms with E-state index in [1.165, 1.54) is 5.56 Å². The van der Waals surface area contributed by atoms with Crippen molar-refractivity contribution in [2.75, 3.05) is 6.61 Å². The van der Waals surface area contributed by atoms with Crippen LogP contribution in [0.15, 0.2) is 42.5 Å². The highest BCUT2D eigenvalue weighted by Crippen LogP contribution is 2.36. The van der Waals surface area contributed by atoms with Gasteiger partial charge in [-0.05, 0) is 60.6 Å². The monoisotopic (exact) mass is 478 g/mol. The first kappa shape index (κ1) is 27.7. The highest BCUT2D eigenvalue weighted by molar-refractivity contribution is 5.97. The summed E-state index contributed by atoms with van der Waals surface area (Å²) in [4.78, 5) is 15.7. The van der Waals surface area contributed by atoms with E-state index in [2.05, 4.69) is 45.0 Å². The molecule has 3 N–H and O–H groups in total. The van der Waals surface area contributed by atoms with E-state index < -0.39 is 5.97 Å². The predicted molar refractivity (Wildman–Crippen MR) is 135 cm³/mol. The van der Waals surface area contributed by atoms with Gasteiger partial charge in [-0.25, -0.2) is 0 Å². The summed E-state index contributed by atoms with van der Waals surface area (Å²) < 4.78 is 5.82. The molecule has 0 amide bonds. The summed E-state index contributed by atoms with van der Waals surface area (Å²) in [7, 11) is 0. The summed E-state index contributed by atoms with van der Waals surface area (Å²) in [6.45, 7) is 7.22. The number of hydrogen-bond acceptors (Lipinski definition) is 4. The highest BCUT2D eigenvalue weighted by Gasteiger charge is 2.17. The molecule has 0 fully saturated rings. The number of aromatic nitrogens is 1. The van der Waals surface area contributed by atoms with Crippen LogP contribution >= 0.6 is 24.8 Å². The van der Waals surface area contributed by atoms with E-state index in [9.17, 15) is 4.79 Å². The van der Waals surface area contributed by atoms with Crippen molar-refractivity contribution in [2.45, 2.75) is 46.6 Å². The fourth-order valence-electron chi connectivity index (χ4n) is 3.66. The summed E-state index contributed by atoms with van der Waals surface area (Å²) in [5, 5.41) is 9.81. The molecule has 0 aliphatic carbocycles. The number of hydrogen-bond donors (Lipinski definition) is 2. The quantitative estimate of drug-likeness (QED) is 0.370. The zero-order chi connectivity index (χ0) is 21.7. The van der Waals surface area contributed by atoms with Crippen LogP contribution in [0.25, 0.3) is 22.0 Å². The van der Waals surface area contributed by atoms with Crippen LogP contribution in [0.4, 0.5) is 0 Å². The first-order valence-corrected chi connectivity index (χ1v) is 10.5. The van der Waals surface area contributed by atoms with E-state index in [-0.39, 0.29) is 31.2 Å². The molecular weight excluding hydrogens is 447 g/mol. The third kappa shape index (κ3) is 6.83. The second-order valence-corrected chi connectivity index (χ2v) is 8.10. The number of benzene rings is 2. The SMILES string of the molecule is Cc1ccc(-c2c(CN)c(CC(C)C)nc3ccc(OCCCC(=O)O)cc23)cc1.Cl.Cl. The first-order chi connectivity index (χ1) is 14.4. The Morgan fingerprint density at radius 2 is 1.81 bits per heavy atom. The number of aliphatic carboxylic acids is 1. The molecule has 0 aliphatic rings. The van der Waals surface area contributed by atoms with Crippen molar-refractivity contribution >= 4 is 41.7 Å². The molecule has 0 atom stereocenters. The van der Waals surface area contributed by atoms with Crippen molar-refractivity contribution in [1.82, 2.24) is 4.98 Å². The van der Waals surface area contributed by atoms with Crippen LogP contribution in [0.1, 0.15) is 43.5 Å². The number of carbonyl (C=O) groups is 1. The van der Waals surface area contributed by atoms with Gasteiger partial charge in [0.2, 0.25) is 0 Å². The topological polar surface area (TPSA) is 85.4 Å². The summed E-state index contributed by atoms with van der Waals surface area (Å²) in [6.07, 6.45) is 1.44. The standard InChI is InChI=1S/C25H30N2O3.2ClH/c1-16(2)13-23-21(15-26)25(18-8-6-17(3)7-9-18)20-14-19(10-11-22(20)27-23)30-12-4-5-24(28)29;;/h6-11,14,16H,4-5,12-13,15,26H2,1-3H3,(H,28,29);2*1H. The summed E-state index contributed by atoms with van der Waals surface area (Å²) in [5.74, 6) is 0.374. The lowest BCUT2D eigenvalue weighted by atomic mass is 9.91. The molecular formula is C25H32Cl2N2O3. The van der Waals surface area contributed by atoms with Gasteiger partial charge in [0, 0.05) is 24.0 Å². The number of fused-ring (bicyclic) bond motifs is 1. The number of pyridine rings is 1. The molecule has 3 rings (SSSR count). The second-order valence-electron chi connectivity index (χ2n) is 8.10. The Kier molecular flexibility index (Phi) is 10.9. The Bertz CT molecular complexity index is 1040. The first-order valence-electron chi connectivity index (χ1n) is 10.5. The Balaban J connectivity index is 0.00000256. The molecule has 0 saturated carbocycles. The lowest BCUT2D eigenvalue weighted by Gasteiger charge is -2.18. The third-order valence-corrected chi connectivity index (χ3v) is 5.09. The molecule has 0 unspecified atom stereocenters. The van der Waals surface area contributed by atoms with Gasteiger partial charge in [0.05, 0.1) is 12.1 Å². The summed E-state index contributed by atoms with van der Waals surface area (Å²) >= 11 is 0. The van der Waals surface area contributed by atoms with E-state index in [1.807, 2.05) is 18.2 Å². The van der Waals surface area contributed by atoms with Crippen molar-refractivity contribution in [2.24, 2.45) is 11.7 Å². The molecule has 1 aromatic heterocycles. The molecule has 0 aliphatic heterocycles. The lowest BCUT2D eigenvalue weighted by molar-refractivity contribution is -0.137. The third-order valence-electron chi connectivity index (χ3n) is 5.09. The van der Waals surface area contributed by atoms with Crippen molar-refractivity contribution in [1.29, 1.82) is 0 Å². The Morgan fingerprint density at radius 1 is 1.12 bits per heavy atom. The molecule has 0 radical (unpaired) electrons. The van der Waals surface area contributed by atoms with Crippen LogP contribution in [0.5, 0.6) is 5.75 Å². The fraction of sp³-hybridized carbons (Fsp3) is 0.360. The number of carboxylic acid groups (broad SMARTS) is 1. The number of halogens is 2. The maximum absolute atomic E-state index is 10.7. The van der Waals surface area contributed by atoms with Gasteiger partial charge in [-0.3, -0.25) is 9.78 Å². The van der Waals surface area contributed by atoms with Crippen LogP contribution in [0.2, 0.25) is 0 Å². The smallest absolute Gasteiger partial charge is 0.303 e. The second kappa shape index (κ2) is 12.6. The number of nitrogens with two attached hydrogens (primary N) is 1. The van der Waals surface area contributed by atoms with Gasteiger partial charge in [-0.15, -0.1) is 24.8 Å². The van der Waals surface area contributed by atoms with Crippen LogP contribution in [0.3, 0.4) is 0 Å². The average molecular weight is 479 g/mol. The van der Waals surface area contributed by atoms with E-state index in [4.69, 9.17) is 20.6 Å². The Morgan fingerprint density at radius 3 is 2.41 bits per heavy atom. The minimum absolute atomic E-state index is 0. The van der Waals surface area contributed by atoms with Crippen LogP contribution in [-0.2, 0) is 17.8 Å². The number of carboxylic acids is 1. The van der Waals surface area contributed by atoms with E-state index in [0.717, 1.165) is 39.7 Å². The van der Waals surface area contributed by atoms with Crippen molar-refractivity contribution in [3.63, 3.8) is 0 Å². The van der Waals surface area contributed by atoms with Crippen molar-refractivity contribution in [3.05, 3.63) is 59.3 Å². The maximum Gasteiger partial charge on any atom is 0.303 e. The number of aryl methyl sites for hydroxylation is 1. The minimum atomic E-state index is -0.812. The molecule has 0 saturated heterocycles. The fourth-order valence-corrected chi connectivity index (χ4v) is 3.66. The normalized spacial score (nSPS) is 10.5. The molecule has 0 spiro atoms.